The van der Waals surface area contributed by atoms with Crippen molar-refractivity contribution in [3.05, 3.63) is 0 Å². The van der Waals surface area contributed by atoms with Gasteiger partial charge in [-0.1, -0.05) is 6.92 Å². The second-order valence-electron chi connectivity index (χ2n) is 8.69. The predicted octanol–water partition coefficient (Wildman–Crippen LogP) is -0.0226. The van der Waals surface area contributed by atoms with E-state index in [4.69, 9.17) is 9.47 Å². The summed E-state index contributed by atoms with van der Waals surface area (Å²) in [5.74, 6) is -1.12. The number of nitrogens with zero attached hydrogens (tertiary/aromatic N) is 1. The molecule has 7 atom stereocenters. The molecule has 0 spiro atoms. The predicted molar refractivity (Wildman–Crippen MR) is 91.2 cm³/mol. The van der Waals surface area contributed by atoms with E-state index in [0.29, 0.717) is 32.6 Å². The molecule has 0 bridgehead atoms. The monoisotopic (exact) mass is 367 g/mol. The molecule has 0 aromatic rings. The maximum absolute atomic E-state index is 12.9. The Morgan fingerprint density at radius 1 is 1.23 bits per heavy atom. The number of esters is 1. The Labute approximate surface area is 153 Å². The molecule has 2 heterocycles. The first-order valence-corrected chi connectivity index (χ1v) is 9.74. The molecular formula is C19H29NO6. The van der Waals surface area contributed by atoms with Gasteiger partial charge in [0.25, 0.3) is 0 Å². The molecule has 4 aliphatic rings. The van der Waals surface area contributed by atoms with E-state index in [1.54, 1.807) is 6.92 Å². The van der Waals surface area contributed by atoms with Crippen LogP contribution in [0.3, 0.4) is 0 Å². The maximum Gasteiger partial charge on any atom is 0.310 e. The SMILES string of the molecule is C[C@H]1CC[C@H]2C(CN3CCOCC3)C(=O)O[C@H]2[C@]2(C)C(=O)C[C@H](O)[C@@]12O. The fourth-order valence-corrected chi connectivity index (χ4v) is 5.86. The second kappa shape index (κ2) is 6.26. The second-order valence-corrected chi connectivity index (χ2v) is 8.69. The van der Waals surface area contributed by atoms with Crippen LogP contribution in [-0.2, 0) is 19.1 Å². The lowest BCUT2D eigenvalue weighted by atomic mass is 9.64. The van der Waals surface area contributed by atoms with Gasteiger partial charge in [-0.25, -0.2) is 0 Å². The van der Waals surface area contributed by atoms with Gasteiger partial charge in [0.15, 0.2) is 0 Å². The fraction of sp³-hybridized carbons (Fsp3) is 0.895. The summed E-state index contributed by atoms with van der Waals surface area (Å²) in [5.41, 5.74) is -2.79. The first-order valence-electron chi connectivity index (χ1n) is 9.74. The Kier molecular flexibility index (Phi) is 4.42. The van der Waals surface area contributed by atoms with Gasteiger partial charge in [-0.05, 0) is 25.7 Å². The Morgan fingerprint density at radius 2 is 1.92 bits per heavy atom. The molecular weight excluding hydrogens is 338 g/mol. The topological polar surface area (TPSA) is 96.3 Å². The number of carbonyl (C=O) groups excluding carboxylic acids is 2. The van der Waals surface area contributed by atoms with Crippen LogP contribution < -0.4 is 0 Å². The standard InChI is InChI=1S/C19H29NO6/c1-11-3-4-12-13(10-20-5-7-25-8-6-20)17(23)26-16(12)18(2)14(21)9-15(22)19(11,18)24/h11-13,15-16,22,24H,3-10H2,1-2H3/t11-,12-,13?,15-,16+,18-,19-/m0/s1. The molecule has 0 amide bonds. The molecule has 4 rings (SSSR count). The van der Waals surface area contributed by atoms with Crippen LogP contribution in [0.5, 0.6) is 0 Å². The Morgan fingerprint density at radius 3 is 2.62 bits per heavy atom. The quantitative estimate of drug-likeness (QED) is 0.662. The molecule has 7 nitrogen and oxygen atoms in total. The normalized spacial score (nSPS) is 49.5. The van der Waals surface area contributed by atoms with Crippen LogP contribution in [0.4, 0.5) is 0 Å². The molecule has 2 saturated heterocycles. The zero-order valence-electron chi connectivity index (χ0n) is 15.5. The van der Waals surface area contributed by atoms with Gasteiger partial charge in [0.1, 0.15) is 17.5 Å². The van der Waals surface area contributed by atoms with Crippen LogP contribution in [0, 0.1) is 23.2 Å². The number of aliphatic hydroxyl groups is 2. The molecule has 4 fully saturated rings. The number of ether oxygens (including phenoxy) is 2. The number of hydrogen-bond acceptors (Lipinski definition) is 7. The lowest BCUT2D eigenvalue weighted by Gasteiger charge is -2.45. The van der Waals surface area contributed by atoms with E-state index in [9.17, 15) is 19.8 Å². The number of fused-ring (bicyclic) bond motifs is 3. The van der Waals surface area contributed by atoms with Gasteiger partial charge in [-0.3, -0.25) is 14.5 Å². The largest absolute Gasteiger partial charge is 0.461 e. The molecule has 0 radical (unpaired) electrons. The van der Waals surface area contributed by atoms with E-state index in [0.717, 1.165) is 13.1 Å². The number of hydrogen-bond donors (Lipinski definition) is 2. The van der Waals surface area contributed by atoms with Gasteiger partial charge in [-0.15, -0.1) is 0 Å². The minimum absolute atomic E-state index is 0.0771. The van der Waals surface area contributed by atoms with Crippen LogP contribution >= 0.6 is 0 Å². The van der Waals surface area contributed by atoms with Gasteiger partial charge in [0.05, 0.1) is 30.7 Å². The van der Waals surface area contributed by atoms with E-state index >= 15 is 0 Å². The minimum Gasteiger partial charge on any atom is -0.461 e. The first kappa shape index (κ1) is 18.3. The van der Waals surface area contributed by atoms with Crippen LogP contribution in [0.15, 0.2) is 0 Å². The molecule has 2 aliphatic carbocycles. The summed E-state index contributed by atoms with van der Waals surface area (Å²) in [4.78, 5) is 27.8. The highest BCUT2D eigenvalue weighted by Gasteiger charge is 2.72. The summed E-state index contributed by atoms with van der Waals surface area (Å²) < 4.78 is 11.1. The number of morpholine rings is 1. The summed E-state index contributed by atoms with van der Waals surface area (Å²) in [7, 11) is 0. The minimum atomic E-state index is -1.54. The van der Waals surface area contributed by atoms with Gasteiger partial charge in [0, 0.05) is 32.0 Å². The average Bonchev–Trinajstić information content (AvgIpc) is 2.99. The van der Waals surface area contributed by atoms with Crippen LogP contribution in [0.2, 0.25) is 0 Å². The van der Waals surface area contributed by atoms with Gasteiger partial charge in [-0.2, -0.15) is 0 Å². The molecule has 2 N–H and O–H groups in total. The third-order valence-electron chi connectivity index (χ3n) is 7.56. The summed E-state index contributed by atoms with van der Waals surface area (Å²) in [6.45, 7) is 7.08. The van der Waals surface area contributed by atoms with E-state index in [1.165, 1.54) is 0 Å². The highest BCUT2D eigenvalue weighted by atomic mass is 16.6. The highest BCUT2D eigenvalue weighted by Crippen LogP contribution is 2.59. The summed E-state index contributed by atoms with van der Waals surface area (Å²) in [6, 6.07) is 0. The molecule has 2 aliphatic heterocycles. The van der Waals surface area contributed by atoms with Gasteiger partial charge in [0.2, 0.25) is 0 Å². The van der Waals surface area contributed by atoms with Crippen LogP contribution in [0.25, 0.3) is 0 Å². The van der Waals surface area contributed by atoms with Crippen molar-refractivity contribution in [1.29, 1.82) is 0 Å². The summed E-state index contributed by atoms with van der Waals surface area (Å²) in [5, 5.41) is 21.9. The first-order chi connectivity index (χ1) is 12.3. The number of Topliss-reactive ketones (excluding diaryl/α,β-unsaturated/α-hetero) is 1. The lowest BCUT2D eigenvalue weighted by Crippen LogP contribution is -2.60. The average molecular weight is 367 g/mol. The summed E-state index contributed by atoms with van der Waals surface area (Å²) in [6.07, 6.45) is -0.476. The molecule has 7 heteroatoms. The van der Waals surface area contributed by atoms with Crippen molar-refractivity contribution in [2.24, 2.45) is 23.2 Å². The summed E-state index contributed by atoms with van der Waals surface area (Å²) >= 11 is 0. The number of rotatable bonds is 2. The molecule has 1 unspecified atom stereocenters. The number of aliphatic hydroxyl groups excluding tert-OH is 1. The van der Waals surface area contributed by atoms with Crippen molar-refractivity contribution in [3.8, 4) is 0 Å². The molecule has 146 valence electrons. The van der Waals surface area contributed by atoms with E-state index in [2.05, 4.69) is 4.90 Å². The molecule has 0 aromatic heterocycles. The van der Waals surface area contributed by atoms with Crippen molar-refractivity contribution in [2.45, 2.75) is 50.9 Å². The fourth-order valence-electron chi connectivity index (χ4n) is 5.86. The van der Waals surface area contributed by atoms with Crippen molar-refractivity contribution in [2.75, 3.05) is 32.8 Å². The van der Waals surface area contributed by atoms with E-state index in [1.807, 2.05) is 6.92 Å². The molecule has 0 aromatic carbocycles. The molecule has 26 heavy (non-hydrogen) atoms. The van der Waals surface area contributed by atoms with Gasteiger partial charge < -0.3 is 19.7 Å². The Hall–Kier alpha value is -1.02. The van der Waals surface area contributed by atoms with Crippen molar-refractivity contribution < 1.29 is 29.3 Å². The Balaban J connectivity index is 1.66. The van der Waals surface area contributed by atoms with Crippen LogP contribution in [-0.4, -0.2) is 77.5 Å². The van der Waals surface area contributed by atoms with Crippen molar-refractivity contribution in [3.63, 3.8) is 0 Å². The van der Waals surface area contributed by atoms with Gasteiger partial charge >= 0.3 is 5.97 Å². The van der Waals surface area contributed by atoms with Crippen LogP contribution in [0.1, 0.15) is 33.1 Å². The highest BCUT2D eigenvalue weighted by molar-refractivity contribution is 5.91. The molecule has 2 saturated carbocycles. The third-order valence-corrected chi connectivity index (χ3v) is 7.56. The lowest BCUT2D eigenvalue weighted by molar-refractivity contribution is -0.189. The van der Waals surface area contributed by atoms with Crippen molar-refractivity contribution >= 4 is 11.8 Å². The number of carbonyl (C=O) groups is 2. The smallest absolute Gasteiger partial charge is 0.310 e. The number of ketones is 1. The third kappa shape index (κ3) is 2.33. The zero-order chi connectivity index (χ0) is 18.7. The van der Waals surface area contributed by atoms with Crippen molar-refractivity contribution in [1.82, 2.24) is 4.90 Å². The maximum atomic E-state index is 12.9. The zero-order valence-corrected chi connectivity index (χ0v) is 15.5. The van der Waals surface area contributed by atoms with E-state index in [-0.39, 0.29) is 35.9 Å². The Bertz CT molecular complexity index is 605. The van der Waals surface area contributed by atoms with E-state index < -0.39 is 23.2 Å².